The summed E-state index contributed by atoms with van der Waals surface area (Å²) in [6, 6.07) is -0.0589. The van der Waals surface area contributed by atoms with Crippen LogP contribution in [0.1, 0.15) is 44.8 Å². The summed E-state index contributed by atoms with van der Waals surface area (Å²) in [5.41, 5.74) is 6.96. The highest BCUT2D eigenvalue weighted by atomic mass is 35.5. The Morgan fingerprint density at radius 3 is 2.33 bits per heavy atom. The summed E-state index contributed by atoms with van der Waals surface area (Å²) in [5, 5.41) is 3.35. The fourth-order valence-corrected chi connectivity index (χ4v) is 3.41. The third-order valence-electron chi connectivity index (χ3n) is 3.80. The van der Waals surface area contributed by atoms with E-state index in [2.05, 4.69) is 31.1 Å². The summed E-state index contributed by atoms with van der Waals surface area (Å²) in [7, 11) is 0. The Bertz CT molecular complexity index is 508. The summed E-state index contributed by atoms with van der Waals surface area (Å²) in [5.74, 6) is 0.179. The number of nitrogens with two attached hydrogens (primary N) is 1. The molecule has 1 saturated heterocycles. The molecule has 1 aliphatic rings. The van der Waals surface area contributed by atoms with Gasteiger partial charge >= 0.3 is 0 Å². The molecule has 8 heteroatoms. The van der Waals surface area contributed by atoms with Gasteiger partial charge in [-0.3, -0.25) is 9.69 Å². The van der Waals surface area contributed by atoms with Crippen LogP contribution in [-0.2, 0) is 16.8 Å². The van der Waals surface area contributed by atoms with Crippen LogP contribution in [0, 0.1) is 0 Å². The van der Waals surface area contributed by atoms with E-state index in [0.29, 0.717) is 6.42 Å². The molecule has 1 aliphatic heterocycles. The largest absolute Gasteiger partial charge is 0.340 e. The lowest BCUT2D eigenvalue weighted by molar-refractivity contribution is -0.133. The van der Waals surface area contributed by atoms with Crippen molar-refractivity contribution in [2.24, 2.45) is 5.73 Å². The molecule has 140 valence electrons. The standard InChI is InChI=1S/C16H28N4OS.2ClH/c1-12(17)9-14(21)20-7-5-19(6-8-20)10-13-11-22-15(18-13)16(2,3)4;;/h11-12H,5-10,17H2,1-4H3;2*1H. The first-order valence-electron chi connectivity index (χ1n) is 7.96. The fourth-order valence-electron chi connectivity index (χ4n) is 2.51. The molecule has 1 aromatic heterocycles. The SMILES string of the molecule is CC(N)CC(=O)N1CCN(Cc2csc(C(C)(C)C)n2)CC1.Cl.Cl. The van der Waals surface area contributed by atoms with Crippen molar-refractivity contribution in [1.29, 1.82) is 0 Å². The number of hydrogen-bond donors (Lipinski definition) is 1. The monoisotopic (exact) mass is 396 g/mol. The van der Waals surface area contributed by atoms with Gasteiger partial charge in [-0.15, -0.1) is 36.2 Å². The lowest BCUT2D eigenvalue weighted by Crippen LogP contribution is -2.49. The predicted octanol–water partition coefficient (Wildman–Crippen LogP) is 2.67. The molecular weight excluding hydrogens is 367 g/mol. The van der Waals surface area contributed by atoms with E-state index in [1.54, 1.807) is 11.3 Å². The van der Waals surface area contributed by atoms with Crippen molar-refractivity contribution in [2.75, 3.05) is 26.2 Å². The minimum Gasteiger partial charge on any atom is -0.340 e. The number of rotatable bonds is 4. The molecule has 1 aromatic rings. The third-order valence-corrected chi connectivity index (χ3v) is 5.12. The zero-order valence-electron chi connectivity index (χ0n) is 14.9. The second-order valence-electron chi connectivity index (χ2n) is 7.23. The Morgan fingerprint density at radius 1 is 1.29 bits per heavy atom. The molecule has 1 amide bonds. The van der Waals surface area contributed by atoms with Crippen LogP contribution in [0.2, 0.25) is 0 Å². The maximum Gasteiger partial charge on any atom is 0.224 e. The number of aromatic nitrogens is 1. The van der Waals surface area contributed by atoms with Crippen LogP contribution in [0.15, 0.2) is 5.38 Å². The minimum atomic E-state index is -0.0589. The van der Waals surface area contributed by atoms with E-state index in [1.165, 1.54) is 5.01 Å². The number of halogens is 2. The van der Waals surface area contributed by atoms with Gasteiger partial charge in [0.05, 0.1) is 10.7 Å². The molecule has 5 nitrogen and oxygen atoms in total. The molecule has 1 atom stereocenters. The molecule has 0 radical (unpaired) electrons. The highest BCUT2D eigenvalue weighted by Crippen LogP contribution is 2.26. The molecule has 1 fully saturated rings. The van der Waals surface area contributed by atoms with Crippen LogP contribution in [0.3, 0.4) is 0 Å². The highest BCUT2D eigenvalue weighted by Gasteiger charge is 2.23. The first kappa shape index (κ1) is 23.6. The quantitative estimate of drug-likeness (QED) is 0.849. The van der Waals surface area contributed by atoms with Crippen LogP contribution in [0.5, 0.6) is 0 Å². The van der Waals surface area contributed by atoms with Crippen molar-refractivity contribution in [3.05, 3.63) is 16.1 Å². The first-order chi connectivity index (χ1) is 10.3. The second-order valence-corrected chi connectivity index (χ2v) is 8.09. The van der Waals surface area contributed by atoms with Gasteiger partial charge in [0.1, 0.15) is 0 Å². The molecule has 2 heterocycles. The van der Waals surface area contributed by atoms with Gasteiger partial charge in [0.2, 0.25) is 5.91 Å². The van der Waals surface area contributed by atoms with Gasteiger partial charge in [-0.1, -0.05) is 20.8 Å². The fraction of sp³-hybridized carbons (Fsp3) is 0.750. The number of thiazole rings is 1. The van der Waals surface area contributed by atoms with Crippen molar-refractivity contribution in [3.8, 4) is 0 Å². The zero-order valence-corrected chi connectivity index (χ0v) is 17.4. The van der Waals surface area contributed by atoms with E-state index in [-0.39, 0.29) is 42.2 Å². The predicted molar refractivity (Wildman–Crippen MR) is 105 cm³/mol. The van der Waals surface area contributed by atoms with E-state index < -0.39 is 0 Å². The first-order valence-corrected chi connectivity index (χ1v) is 8.84. The van der Waals surface area contributed by atoms with Crippen molar-refractivity contribution < 1.29 is 4.79 Å². The molecule has 1 unspecified atom stereocenters. The van der Waals surface area contributed by atoms with Crippen LogP contribution in [0.25, 0.3) is 0 Å². The van der Waals surface area contributed by atoms with Crippen LogP contribution in [0.4, 0.5) is 0 Å². The van der Waals surface area contributed by atoms with Gasteiger partial charge in [-0.25, -0.2) is 4.98 Å². The molecule has 0 aliphatic carbocycles. The molecular formula is C16H30Cl2N4OS. The average Bonchev–Trinajstić information content (AvgIpc) is 2.87. The van der Waals surface area contributed by atoms with Crippen LogP contribution in [-0.4, -0.2) is 52.9 Å². The van der Waals surface area contributed by atoms with Crippen LogP contribution >= 0.6 is 36.2 Å². The topological polar surface area (TPSA) is 62.5 Å². The summed E-state index contributed by atoms with van der Waals surface area (Å²) >= 11 is 1.74. The van der Waals surface area contributed by atoms with Crippen LogP contribution < -0.4 is 5.73 Å². The Balaban J connectivity index is 0.00000264. The van der Waals surface area contributed by atoms with Crippen molar-refractivity contribution in [1.82, 2.24) is 14.8 Å². The smallest absolute Gasteiger partial charge is 0.224 e. The lowest BCUT2D eigenvalue weighted by atomic mass is 9.98. The number of hydrogen-bond acceptors (Lipinski definition) is 5. The van der Waals surface area contributed by atoms with Gasteiger partial charge in [0.15, 0.2) is 0 Å². The van der Waals surface area contributed by atoms with Crippen molar-refractivity contribution in [2.45, 2.75) is 52.1 Å². The average molecular weight is 397 g/mol. The summed E-state index contributed by atoms with van der Waals surface area (Å²) in [6.45, 7) is 12.7. The second kappa shape index (κ2) is 9.92. The maximum atomic E-state index is 12.0. The number of carbonyl (C=O) groups excluding carboxylic acids is 1. The number of carbonyl (C=O) groups is 1. The van der Waals surface area contributed by atoms with E-state index in [4.69, 9.17) is 10.7 Å². The normalized spacial score (nSPS) is 17.0. The van der Waals surface area contributed by atoms with E-state index in [1.807, 2.05) is 11.8 Å². The minimum absolute atomic E-state index is 0. The van der Waals surface area contributed by atoms with Gasteiger partial charge in [-0.05, 0) is 6.92 Å². The molecule has 0 spiro atoms. The Hall–Kier alpha value is -0.400. The molecule has 0 aromatic carbocycles. The van der Waals surface area contributed by atoms with Crippen molar-refractivity contribution >= 4 is 42.1 Å². The maximum absolute atomic E-state index is 12.0. The van der Waals surface area contributed by atoms with E-state index in [0.717, 1.165) is 38.4 Å². The number of piperazine rings is 1. The summed E-state index contributed by atoms with van der Waals surface area (Å²) in [6.07, 6.45) is 0.445. The van der Waals surface area contributed by atoms with Gasteiger partial charge in [-0.2, -0.15) is 0 Å². The Morgan fingerprint density at radius 2 is 1.88 bits per heavy atom. The van der Waals surface area contributed by atoms with Gasteiger partial charge < -0.3 is 10.6 Å². The lowest BCUT2D eigenvalue weighted by Gasteiger charge is -2.34. The molecule has 24 heavy (non-hydrogen) atoms. The Labute approximate surface area is 161 Å². The Kier molecular flexibility index (Phi) is 9.76. The summed E-state index contributed by atoms with van der Waals surface area (Å²) in [4.78, 5) is 21.1. The molecule has 2 N–H and O–H groups in total. The van der Waals surface area contributed by atoms with Gasteiger partial charge in [0, 0.05) is 56.0 Å². The number of nitrogens with zero attached hydrogens (tertiary/aromatic N) is 3. The van der Waals surface area contributed by atoms with Crippen molar-refractivity contribution in [3.63, 3.8) is 0 Å². The summed E-state index contributed by atoms with van der Waals surface area (Å²) < 4.78 is 0. The van der Waals surface area contributed by atoms with Gasteiger partial charge in [0.25, 0.3) is 0 Å². The zero-order chi connectivity index (χ0) is 16.3. The highest BCUT2D eigenvalue weighted by molar-refractivity contribution is 7.09. The third kappa shape index (κ3) is 6.84. The van der Waals surface area contributed by atoms with E-state index in [9.17, 15) is 4.79 Å². The molecule has 0 bridgehead atoms. The number of amides is 1. The van der Waals surface area contributed by atoms with E-state index >= 15 is 0 Å². The molecule has 2 rings (SSSR count). The molecule has 0 saturated carbocycles.